The highest BCUT2D eigenvalue weighted by molar-refractivity contribution is 5.68. The zero-order valence-electron chi connectivity index (χ0n) is 10.1. The van der Waals surface area contributed by atoms with Crippen molar-refractivity contribution in [1.29, 1.82) is 0 Å². The van der Waals surface area contributed by atoms with Crippen molar-refractivity contribution in [2.45, 2.75) is 51.4 Å². The van der Waals surface area contributed by atoms with Gasteiger partial charge in [0.05, 0.1) is 0 Å². The molecule has 1 fully saturated rings. The Morgan fingerprint density at radius 2 is 2.12 bits per heavy atom. The fourth-order valence-electron chi connectivity index (χ4n) is 2.46. The van der Waals surface area contributed by atoms with E-state index in [4.69, 9.17) is 9.63 Å². The molecule has 1 aliphatic carbocycles. The maximum Gasteiger partial charge on any atom is 0.312 e. The summed E-state index contributed by atoms with van der Waals surface area (Å²) in [7, 11) is 0. The first-order valence-corrected chi connectivity index (χ1v) is 6.23. The number of hydrogen-bond acceptors (Lipinski definition) is 4. The smallest absolute Gasteiger partial charge is 0.312 e. The number of aromatic nitrogens is 2. The summed E-state index contributed by atoms with van der Waals surface area (Å²) in [6.45, 7) is 2.23. The molecule has 0 amide bonds. The van der Waals surface area contributed by atoms with Crippen molar-refractivity contribution in [3.05, 3.63) is 11.7 Å². The fraction of sp³-hybridized carbons (Fsp3) is 0.750. The Hall–Kier alpha value is -1.39. The number of nitrogens with zero attached hydrogens (tertiary/aromatic N) is 2. The molecule has 1 aromatic rings. The first-order chi connectivity index (χ1) is 8.19. The molecule has 17 heavy (non-hydrogen) atoms. The van der Waals surface area contributed by atoms with Gasteiger partial charge in [-0.3, -0.25) is 4.79 Å². The van der Waals surface area contributed by atoms with Crippen molar-refractivity contribution in [3.8, 4) is 0 Å². The van der Waals surface area contributed by atoms with Crippen LogP contribution >= 0.6 is 0 Å². The molecule has 0 aliphatic heterocycles. The molecule has 5 heteroatoms. The van der Waals surface area contributed by atoms with Crippen LogP contribution in [0.5, 0.6) is 0 Å². The van der Waals surface area contributed by atoms with E-state index < -0.39 is 5.97 Å². The molecule has 1 aromatic heterocycles. The highest BCUT2D eigenvalue weighted by atomic mass is 16.5. The third-order valence-electron chi connectivity index (χ3n) is 3.58. The van der Waals surface area contributed by atoms with E-state index in [2.05, 4.69) is 17.1 Å². The van der Waals surface area contributed by atoms with Crippen LogP contribution in [0.4, 0.5) is 0 Å². The number of carboxylic acid groups (broad SMARTS) is 1. The van der Waals surface area contributed by atoms with Gasteiger partial charge in [-0.1, -0.05) is 18.5 Å². The van der Waals surface area contributed by atoms with Crippen LogP contribution in [0.1, 0.15) is 56.7 Å². The van der Waals surface area contributed by atoms with E-state index in [9.17, 15) is 4.79 Å². The number of aliphatic carboxylic acids is 1. The summed E-state index contributed by atoms with van der Waals surface area (Å²) in [6, 6.07) is 0. The van der Waals surface area contributed by atoms with Gasteiger partial charge in [-0.2, -0.15) is 4.98 Å². The van der Waals surface area contributed by atoms with Crippen LogP contribution in [0.3, 0.4) is 0 Å². The molecule has 1 aliphatic rings. The Morgan fingerprint density at radius 1 is 1.41 bits per heavy atom. The molecule has 0 spiro atoms. The quantitative estimate of drug-likeness (QED) is 0.871. The van der Waals surface area contributed by atoms with Crippen LogP contribution < -0.4 is 0 Å². The van der Waals surface area contributed by atoms with Gasteiger partial charge in [0, 0.05) is 5.92 Å². The summed E-state index contributed by atoms with van der Waals surface area (Å²) >= 11 is 0. The number of carboxylic acids is 1. The van der Waals surface area contributed by atoms with Crippen molar-refractivity contribution in [2.24, 2.45) is 5.92 Å². The Bertz CT molecular complexity index is 381. The van der Waals surface area contributed by atoms with Gasteiger partial charge in [0.15, 0.2) is 5.82 Å². The number of rotatable bonds is 4. The van der Waals surface area contributed by atoms with Crippen LogP contribution in [0.15, 0.2) is 4.52 Å². The van der Waals surface area contributed by atoms with Crippen molar-refractivity contribution in [2.75, 3.05) is 0 Å². The van der Waals surface area contributed by atoms with Crippen molar-refractivity contribution in [3.63, 3.8) is 0 Å². The van der Waals surface area contributed by atoms with Crippen LogP contribution in [0, 0.1) is 5.92 Å². The summed E-state index contributed by atoms with van der Waals surface area (Å²) in [5, 5.41) is 12.5. The van der Waals surface area contributed by atoms with Gasteiger partial charge < -0.3 is 9.63 Å². The molecule has 0 unspecified atom stereocenters. The van der Waals surface area contributed by atoms with E-state index in [0.717, 1.165) is 18.8 Å². The maximum absolute atomic E-state index is 10.5. The van der Waals surface area contributed by atoms with E-state index in [1.54, 1.807) is 0 Å². The van der Waals surface area contributed by atoms with Gasteiger partial charge in [-0.25, -0.2) is 0 Å². The minimum atomic E-state index is -0.935. The van der Waals surface area contributed by atoms with E-state index in [-0.39, 0.29) is 12.3 Å². The van der Waals surface area contributed by atoms with Gasteiger partial charge in [0.25, 0.3) is 0 Å². The van der Waals surface area contributed by atoms with E-state index >= 15 is 0 Å². The summed E-state index contributed by atoms with van der Waals surface area (Å²) in [5.74, 6) is 1.15. The molecular weight excluding hydrogens is 220 g/mol. The molecule has 0 saturated heterocycles. The van der Waals surface area contributed by atoms with E-state index in [1.807, 2.05) is 0 Å². The second kappa shape index (κ2) is 5.29. The topological polar surface area (TPSA) is 76.2 Å². The van der Waals surface area contributed by atoms with Crippen molar-refractivity contribution in [1.82, 2.24) is 10.1 Å². The second-order valence-electron chi connectivity index (χ2n) is 4.74. The average molecular weight is 238 g/mol. The molecule has 0 radical (unpaired) electrons. The Kier molecular flexibility index (Phi) is 3.76. The van der Waals surface area contributed by atoms with Gasteiger partial charge >= 0.3 is 5.97 Å². The molecule has 1 N–H and O–H groups in total. The lowest BCUT2D eigenvalue weighted by molar-refractivity contribution is -0.136. The third-order valence-corrected chi connectivity index (χ3v) is 3.58. The summed E-state index contributed by atoms with van der Waals surface area (Å²) < 4.78 is 4.94. The predicted octanol–water partition coefficient (Wildman–Crippen LogP) is 2.38. The molecule has 1 heterocycles. The fourth-order valence-corrected chi connectivity index (χ4v) is 2.46. The molecule has 0 bridgehead atoms. The number of hydrogen-bond donors (Lipinski definition) is 1. The summed E-state index contributed by atoms with van der Waals surface area (Å²) in [4.78, 5) is 14.7. The average Bonchev–Trinajstić information content (AvgIpc) is 2.77. The molecule has 1 saturated carbocycles. The van der Waals surface area contributed by atoms with Gasteiger partial charge in [-0.15, -0.1) is 0 Å². The summed E-state index contributed by atoms with van der Waals surface area (Å²) in [6.07, 6.45) is 5.66. The molecule has 0 atom stereocenters. The Balaban J connectivity index is 1.94. The minimum absolute atomic E-state index is 0.183. The van der Waals surface area contributed by atoms with Crippen LogP contribution in [0.25, 0.3) is 0 Å². The first-order valence-electron chi connectivity index (χ1n) is 6.23. The lowest BCUT2D eigenvalue weighted by atomic mass is 9.80. The van der Waals surface area contributed by atoms with Gasteiger partial charge in [0.2, 0.25) is 5.89 Å². The standard InChI is InChI=1S/C12H18N2O3/c1-2-8-3-5-9(6-4-8)12-13-10(17-14-12)7-11(15)16/h8-9H,2-7H2,1H3,(H,15,16). The minimum Gasteiger partial charge on any atom is -0.481 e. The summed E-state index contributed by atoms with van der Waals surface area (Å²) in [5.41, 5.74) is 0. The van der Waals surface area contributed by atoms with Crippen LogP contribution in [0.2, 0.25) is 0 Å². The zero-order chi connectivity index (χ0) is 12.3. The van der Waals surface area contributed by atoms with Gasteiger partial charge in [0.1, 0.15) is 6.42 Å². The molecular formula is C12H18N2O3. The van der Waals surface area contributed by atoms with Gasteiger partial charge in [-0.05, 0) is 31.6 Å². The normalized spacial score (nSPS) is 24.8. The van der Waals surface area contributed by atoms with Crippen LogP contribution in [-0.2, 0) is 11.2 Å². The molecule has 2 rings (SSSR count). The predicted molar refractivity (Wildman–Crippen MR) is 60.6 cm³/mol. The van der Waals surface area contributed by atoms with E-state index in [0.29, 0.717) is 11.7 Å². The lowest BCUT2D eigenvalue weighted by Gasteiger charge is -2.25. The number of carbonyl (C=O) groups is 1. The monoisotopic (exact) mass is 238 g/mol. The largest absolute Gasteiger partial charge is 0.481 e. The van der Waals surface area contributed by atoms with Crippen LogP contribution in [-0.4, -0.2) is 21.2 Å². The SMILES string of the molecule is CCC1CCC(c2noc(CC(=O)O)n2)CC1. The second-order valence-corrected chi connectivity index (χ2v) is 4.74. The zero-order valence-corrected chi connectivity index (χ0v) is 10.1. The maximum atomic E-state index is 10.5. The van der Waals surface area contributed by atoms with Crippen molar-refractivity contribution >= 4 is 5.97 Å². The third kappa shape index (κ3) is 3.05. The molecule has 0 aromatic carbocycles. The highest BCUT2D eigenvalue weighted by Crippen LogP contribution is 2.35. The Labute approximate surface area is 100 Å². The van der Waals surface area contributed by atoms with E-state index in [1.165, 1.54) is 19.3 Å². The Morgan fingerprint density at radius 3 is 2.71 bits per heavy atom. The molecule has 94 valence electrons. The lowest BCUT2D eigenvalue weighted by Crippen LogP contribution is -2.13. The highest BCUT2D eigenvalue weighted by Gasteiger charge is 2.25. The first kappa shape index (κ1) is 12.1. The van der Waals surface area contributed by atoms with Crippen molar-refractivity contribution < 1.29 is 14.4 Å². The molecule has 5 nitrogen and oxygen atoms in total.